The zero-order chi connectivity index (χ0) is 14.8. The Morgan fingerprint density at radius 2 is 2.10 bits per heavy atom. The fourth-order valence-electron chi connectivity index (χ4n) is 5.25. The van der Waals surface area contributed by atoms with Crippen molar-refractivity contribution in [1.29, 1.82) is 0 Å². The van der Waals surface area contributed by atoms with E-state index in [1.54, 1.807) is 6.08 Å². The van der Waals surface area contributed by atoms with Gasteiger partial charge in [-0.3, -0.25) is 4.79 Å². The topological polar surface area (TPSA) is 37.3 Å². The van der Waals surface area contributed by atoms with Crippen LogP contribution in [0.4, 0.5) is 0 Å². The van der Waals surface area contributed by atoms with Gasteiger partial charge >= 0.3 is 0 Å². The molecule has 1 N–H and O–H groups in total. The number of aliphatic hydroxyl groups is 1. The van der Waals surface area contributed by atoms with E-state index in [0.29, 0.717) is 17.8 Å². The summed E-state index contributed by atoms with van der Waals surface area (Å²) in [5.74, 6) is 2.04. The molecular formula is C19H24O2. The van der Waals surface area contributed by atoms with E-state index in [2.05, 4.69) is 26.0 Å². The molecule has 4 rings (SSSR count). The predicted octanol–water partition coefficient (Wildman–Crippen LogP) is 3.58. The normalized spacial score (nSPS) is 45.1. The van der Waals surface area contributed by atoms with Crippen molar-refractivity contribution in [2.24, 2.45) is 23.2 Å². The molecular weight excluding hydrogens is 260 g/mol. The van der Waals surface area contributed by atoms with Crippen molar-refractivity contribution in [3.8, 4) is 0 Å². The van der Waals surface area contributed by atoms with E-state index in [1.165, 1.54) is 36.0 Å². The maximum absolute atomic E-state index is 11.7. The van der Waals surface area contributed by atoms with E-state index in [9.17, 15) is 9.90 Å². The average molecular weight is 284 g/mol. The first kappa shape index (κ1) is 13.5. The number of aliphatic hydroxyl groups excluding tert-OH is 1. The lowest BCUT2D eigenvalue weighted by atomic mass is 9.59. The number of carbonyl (C=O) groups is 1. The summed E-state index contributed by atoms with van der Waals surface area (Å²) in [6, 6.07) is 0. The summed E-state index contributed by atoms with van der Waals surface area (Å²) < 4.78 is 0. The van der Waals surface area contributed by atoms with Gasteiger partial charge in [-0.15, -0.1) is 0 Å². The molecule has 0 aromatic rings. The number of carbonyl (C=O) groups excluding carboxylic acids is 1. The standard InChI is InChI=1S/C19H24O2/c1-11-3-6-16-14-5-4-12-9-17(20)18(21)10-15(12)13(14)7-8-19(11,16)2/h7-9,11,14,16,18,21H,3-6,10H2,1-2H3/t11-,14-,16+,18?,19-/m1/s1. The second kappa shape index (κ2) is 4.42. The van der Waals surface area contributed by atoms with Crippen LogP contribution >= 0.6 is 0 Å². The molecule has 2 nitrogen and oxygen atoms in total. The molecule has 2 heteroatoms. The minimum absolute atomic E-state index is 0.105. The molecule has 0 radical (unpaired) electrons. The molecule has 112 valence electrons. The fraction of sp³-hybridized carbons (Fsp3) is 0.632. The molecule has 5 atom stereocenters. The molecule has 1 fully saturated rings. The molecule has 1 unspecified atom stereocenters. The van der Waals surface area contributed by atoms with Crippen LogP contribution in [0.1, 0.15) is 46.0 Å². The van der Waals surface area contributed by atoms with Gasteiger partial charge in [0, 0.05) is 6.42 Å². The Balaban J connectivity index is 1.82. The molecule has 1 saturated carbocycles. The lowest BCUT2D eigenvalue weighted by Gasteiger charge is -2.45. The summed E-state index contributed by atoms with van der Waals surface area (Å²) >= 11 is 0. The third-order valence-corrected chi connectivity index (χ3v) is 6.78. The van der Waals surface area contributed by atoms with E-state index >= 15 is 0 Å². The minimum Gasteiger partial charge on any atom is -0.385 e. The van der Waals surface area contributed by atoms with Gasteiger partial charge in [0.2, 0.25) is 0 Å². The minimum atomic E-state index is -0.820. The Labute approximate surface area is 126 Å². The van der Waals surface area contributed by atoms with Gasteiger partial charge in [0.25, 0.3) is 0 Å². The predicted molar refractivity (Wildman–Crippen MR) is 82.6 cm³/mol. The number of hydrogen-bond acceptors (Lipinski definition) is 2. The van der Waals surface area contributed by atoms with E-state index in [1.807, 2.05) is 0 Å². The summed E-state index contributed by atoms with van der Waals surface area (Å²) in [7, 11) is 0. The van der Waals surface area contributed by atoms with Crippen molar-refractivity contribution in [2.45, 2.75) is 52.1 Å². The molecule has 0 saturated heterocycles. The zero-order valence-corrected chi connectivity index (χ0v) is 12.9. The highest BCUT2D eigenvalue weighted by Gasteiger charge is 2.50. The number of rotatable bonds is 0. The van der Waals surface area contributed by atoms with Gasteiger partial charge in [-0.1, -0.05) is 26.0 Å². The lowest BCUT2D eigenvalue weighted by molar-refractivity contribution is -0.122. The average Bonchev–Trinajstić information content (AvgIpc) is 2.76. The molecule has 0 heterocycles. The Kier molecular flexibility index (Phi) is 2.85. The lowest BCUT2D eigenvalue weighted by Crippen LogP contribution is -2.37. The van der Waals surface area contributed by atoms with Crippen LogP contribution in [-0.2, 0) is 4.79 Å². The van der Waals surface area contributed by atoms with Gasteiger partial charge in [0.05, 0.1) is 0 Å². The van der Waals surface area contributed by atoms with Crippen LogP contribution in [0, 0.1) is 23.2 Å². The highest BCUT2D eigenvalue weighted by molar-refractivity contribution is 5.96. The van der Waals surface area contributed by atoms with Crippen molar-refractivity contribution >= 4 is 5.78 Å². The maximum atomic E-state index is 11.7. The van der Waals surface area contributed by atoms with E-state index in [-0.39, 0.29) is 5.78 Å². The van der Waals surface area contributed by atoms with Crippen LogP contribution in [0.5, 0.6) is 0 Å². The number of hydrogen-bond donors (Lipinski definition) is 1. The fourth-order valence-corrected chi connectivity index (χ4v) is 5.25. The van der Waals surface area contributed by atoms with Crippen molar-refractivity contribution in [1.82, 2.24) is 0 Å². The second-order valence-electron chi connectivity index (χ2n) is 7.66. The first-order valence-electron chi connectivity index (χ1n) is 8.36. The van der Waals surface area contributed by atoms with Crippen LogP contribution in [0.15, 0.2) is 34.9 Å². The Morgan fingerprint density at radius 1 is 1.29 bits per heavy atom. The van der Waals surface area contributed by atoms with Crippen LogP contribution in [0.3, 0.4) is 0 Å². The van der Waals surface area contributed by atoms with Crippen molar-refractivity contribution in [3.63, 3.8) is 0 Å². The Bertz CT molecular complexity index is 595. The van der Waals surface area contributed by atoms with Crippen molar-refractivity contribution in [2.75, 3.05) is 0 Å². The van der Waals surface area contributed by atoms with Crippen molar-refractivity contribution in [3.05, 3.63) is 34.9 Å². The smallest absolute Gasteiger partial charge is 0.184 e. The third kappa shape index (κ3) is 1.78. The van der Waals surface area contributed by atoms with E-state index in [0.717, 1.165) is 18.3 Å². The SMILES string of the molecule is C[C@@H]1CC[C@H]2[C@@H]3CCC4=CC(=O)C(O)CC4=C3C=C[C@]12C. The van der Waals surface area contributed by atoms with Gasteiger partial charge in [0.1, 0.15) is 6.10 Å². The number of fused-ring (bicyclic) bond motifs is 4. The van der Waals surface area contributed by atoms with E-state index < -0.39 is 6.10 Å². The summed E-state index contributed by atoms with van der Waals surface area (Å²) in [5.41, 5.74) is 4.24. The Morgan fingerprint density at radius 3 is 2.90 bits per heavy atom. The third-order valence-electron chi connectivity index (χ3n) is 6.78. The molecule has 4 aliphatic carbocycles. The molecule has 4 aliphatic rings. The monoisotopic (exact) mass is 284 g/mol. The number of ketones is 1. The number of allylic oxidation sites excluding steroid dienone is 4. The highest BCUT2D eigenvalue weighted by atomic mass is 16.3. The van der Waals surface area contributed by atoms with Crippen LogP contribution < -0.4 is 0 Å². The maximum Gasteiger partial charge on any atom is 0.184 e. The summed E-state index contributed by atoms with van der Waals surface area (Å²) in [6.07, 6.45) is 11.0. The highest BCUT2D eigenvalue weighted by Crippen LogP contribution is 2.59. The van der Waals surface area contributed by atoms with Gasteiger partial charge in [0.15, 0.2) is 5.78 Å². The van der Waals surface area contributed by atoms with Crippen LogP contribution in [0.2, 0.25) is 0 Å². The summed E-state index contributed by atoms with van der Waals surface area (Å²) in [5, 5.41) is 9.93. The first-order chi connectivity index (χ1) is 10.0. The zero-order valence-electron chi connectivity index (χ0n) is 12.9. The summed E-state index contributed by atoms with van der Waals surface area (Å²) in [6.45, 7) is 4.82. The van der Waals surface area contributed by atoms with Gasteiger partial charge in [-0.05, 0) is 71.6 Å². The van der Waals surface area contributed by atoms with Crippen LogP contribution in [0.25, 0.3) is 0 Å². The quantitative estimate of drug-likeness (QED) is 0.738. The molecule has 0 aromatic heterocycles. The van der Waals surface area contributed by atoms with Gasteiger partial charge in [-0.2, -0.15) is 0 Å². The second-order valence-corrected chi connectivity index (χ2v) is 7.66. The molecule has 0 aromatic carbocycles. The molecule has 0 spiro atoms. The first-order valence-corrected chi connectivity index (χ1v) is 8.36. The van der Waals surface area contributed by atoms with E-state index in [4.69, 9.17) is 0 Å². The van der Waals surface area contributed by atoms with Gasteiger partial charge in [-0.25, -0.2) is 0 Å². The largest absolute Gasteiger partial charge is 0.385 e. The van der Waals surface area contributed by atoms with Gasteiger partial charge < -0.3 is 5.11 Å². The Hall–Kier alpha value is -1.15. The molecule has 0 amide bonds. The van der Waals surface area contributed by atoms with Crippen molar-refractivity contribution < 1.29 is 9.90 Å². The molecule has 0 bridgehead atoms. The van der Waals surface area contributed by atoms with Crippen LogP contribution in [-0.4, -0.2) is 17.0 Å². The summed E-state index contributed by atoms with van der Waals surface area (Å²) in [4.78, 5) is 11.7. The molecule has 21 heavy (non-hydrogen) atoms. The molecule has 0 aliphatic heterocycles.